The predicted octanol–water partition coefficient (Wildman–Crippen LogP) is 2.95. The van der Waals surface area contributed by atoms with Crippen LogP contribution in [0.5, 0.6) is 0 Å². The maximum Gasteiger partial charge on any atom is 0.319 e. The van der Waals surface area contributed by atoms with Crippen LogP contribution in [0.15, 0.2) is 12.4 Å². The second kappa shape index (κ2) is 5.58. The van der Waals surface area contributed by atoms with Gasteiger partial charge in [-0.2, -0.15) is 8.78 Å². The van der Waals surface area contributed by atoms with E-state index in [1.165, 1.54) is 38.1 Å². The molecule has 1 saturated carbocycles. The van der Waals surface area contributed by atoms with E-state index in [9.17, 15) is 8.78 Å². The third-order valence-corrected chi connectivity index (χ3v) is 3.65. The Labute approximate surface area is 100 Å². The molecule has 1 unspecified atom stereocenters. The van der Waals surface area contributed by atoms with Gasteiger partial charge in [-0.15, -0.1) is 0 Å². The van der Waals surface area contributed by atoms with E-state index in [1.54, 1.807) is 0 Å². The highest BCUT2D eigenvalue weighted by molar-refractivity contribution is 4.93. The van der Waals surface area contributed by atoms with Crippen molar-refractivity contribution >= 4 is 0 Å². The zero-order valence-electron chi connectivity index (χ0n) is 10.1. The highest BCUT2D eigenvalue weighted by Gasteiger charge is 2.21. The van der Waals surface area contributed by atoms with Gasteiger partial charge in [0.05, 0.1) is 6.54 Å². The zero-order chi connectivity index (χ0) is 12.3. The Morgan fingerprint density at radius 3 is 2.82 bits per heavy atom. The van der Waals surface area contributed by atoms with Crippen molar-refractivity contribution in [2.75, 3.05) is 0 Å². The molecule has 3 nitrogen and oxygen atoms in total. The summed E-state index contributed by atoms with van der Waals surface area (Å²) < 4.78 is 26.1. The number of hydrogen-bond acceptors (Lipinski definition) is 2. The molecule has 0 aliphatic heterocycles. The first kappa shape index (κ1) is 12.5. The molecule has 0 spiro atoms. The molecule has 1 aliphatic rings. The van der Waals surface area contributed by atoms with Crippen LogP contribution in [-0.4, -0.2) is 15.6 Å². The van der Waals surface area contributed by atoms with E-state index in [1.807, 2.05) is 0 Å². The summed E-state index contributed by atoms with van der Waals surface area (Å²) in [5.74, 6) is 1.09. The molecule has 0 saturated heterocycles. The standard InChI is InChI=1S/C12H19F2N3/c1-9(10-4-2-3-5-10)16-8-11-15-6-7-17(11)12(13)14/h6-7,9-10,12,16H,2-5,8H2,1H3. The summed E-state index contributed by atoms with van der Waals surface area (Å²) in [5.41, 5.74) is 0. The molecule has 5 heteroatoms. The lowest BCUT2D eigenvalue weighted by atomic mass is 10.00. The predicted molar refractivity (Wildman–Crippen MR) is 61.7 cm³/mol. The minimum atomic E-state index is -2.50. The van der Waals surface area contributed by atoms with E-state index in [0.717, 1.165) is 4.57 Å². The van der Waals surface area contributed by atoms with E-state index in [-0.39, 0.29) is 0 Å². The summed E-state index contributed by atoms with van der Waals surface area (Å²) in [4.78, 5) is 3.96. The molecule has 1 aliphatic carbocycles. The molecule has 2 rings (SSSR count). The largest absolute Gasteiger partial charge is 0.319 e. The molecule has 0 radical (unpaired) electrons. The van der Waals surface area contributed by atoms with Crippen LogP contribution in [0.3, 0.4) is 0 Å². The van der Waals surface area contributed by atoms with E-state index >= 15 is 0 Å². The molecule has 1 heterocycles. The number of rotatable bonds is 5. The molecule has 0 aromatic carbocycles. The molecule has 1 aromatic heterocycles. The Hall–Kier alpha value is -0.970. The van der Waals surface area contributed by atoms with Crippen LogP contribution < -0.4 is 5.32 Å². The van der Waals surface area contributed by atoms with Gasteiger partial charge in [-0.1, -0.05) is 12.8 Å². The van der Waals surface area contributed by atoms with Crippen LogP contribution in [0.25, 0.3) is 0 Å². The van der Waals surface area contributed by atoms with Crippen LogP contribution in [0, 0.1) is 5.92 Å². The number of nitrogens with one attached hydrogen (secondary N) is 1. The molecule has 1 aromatic rings. The Kier molecular flexibility index (Phi) is 4.10. The lowest BCUT2D eigenvalue weighted by Gasteiger charge is -2.20. The third kappa shape index (κ3) is 3.03. The molecule has 17 heavy (non-hydrogen) atoms. The lowest BCUT2D eigenvalue weighted by Crippen LogP contribution is -2.32. The second-order valence-corrected chi connectivity index (χ2v) is 4.74. The number of imidazole rings is 1. The molecule has 1 fully saturated rings. The monoisotopic (exact) mass is 243 g/mol. The molecular formula is C12H19F2N3. The summed E-state index contributed by atoms with van der Waals surface area (Å²) in [5, 5.41) is 3.31. The average Bonchev–Trinajstić information content (AvgIpc) is 2.96. The van der Waals surface area contributed by atoms with E-state index < -0.39 is 6.55 Å². The molecule has 1 atom stereocenters. The molecule has 1 N–H and O–H groups in total. The van der Waals surface area contributed by atoms with Gasteiger partial charge in [-0.3, -0.25) is 4.57 Å². The number of hydrogen-bond donors (Lipinski definition) is 1. The van der Waals surface area contributed by atoms with Crippen molar-refractivity contribution in [3.63, 3.8) is 0 Å². The Balaban J connectivity index is 1.86. The fraction of sp³-hybridized carbons (Fsp3) is 0.750. The van der Waals surface area contributed by atoms with Gasteiger partial charge in [0.2, 0.25) is 0 Å². The minimum Gasteiger partial charge on any atom is -0.307 e. The molecule has 0 bridgehead atoms. The van der Waals surface area contributed by atoms with Crippen LogP contribution in [0.2, 0.25) is 0 Å². The summed E-state index contributed by atoms with van der Waals surface area (Å²) in [6.45, 7) is 0.0387. The number of aromatic nitrogens is 2. The number of nitrogens with zero attached hydrogens (tertiary/aromatic N) is 2. The van der Waals surface area contributed by atoms with Crippen molar-refractivity contribution in [2.45, 2.75) is 51.7 Å². The van der Waals surface area contributed by atoms with Gasteiger partial charge < -0.3 is 5.32 Å². The molecule has 96 valence electrons. The maximum absolute atomic E-state index is 12.6. The smallest absolute Gasteiger partial charge is 0.307 e. The van der Waals surface area contributed by atoms with E-state index in [2.05, 4.69) is 17.2 Å². The van der Waals surface area contributed by atoms with Crippen molar-refractivity contribution < 1.29 is 8.78 Å². The van der Waals surface area contributed by atoms with Gasteiger partial charge in [-0.25, -0.2) is 4.98 Å². The van der Waals surface area contributed by atoms with Gasteiger partial charge in [0.25, 0.3) is 0 Å². The van der Waals surface area contributed by atoms with Crippen LogP contribution in [-0.2, 0) is 6.54 Å². The van der Waals surface area contributed by atoms with E-state index in [4.69, 9.17) is 0 Å². The topological polar surface area (TPSA) is 29.9 Å². The van der Waals surface area contributed by atoms with Gasteiger partial charge in [0, 0.05) is 18.4 Å². The van der Waals surface area contributed by atoms with Gasteiger partial charge >= 0.3 is 6.55 Å². The van der Waals surface area contributed by atoms with Crippen LogP contribution in [0.1, 0.15) is 45.0 Å². The number of halogens is 2. The fourth-order valence-electron chi connectivity index (χ4n) is 2.53. The number of alkyl halides is 2. The first-order valence-electron chi connectivity index (χ1n) is 6.21. The lowest BCUT2D eigenvalue weighted by molar-refractivity contribution is 0.0664. The first-order chi connectivity index (χ1) is 8.18. The van der Waals surface area contributed by atoms with Crippen molar-refractivity contribution in [3.8, 4) is 0 Å². The normalized spacial score (nSPS) is 19.1. The highest BCUT2D eigenvalue weighted by Crippen LogP contribution is 2.27. The van der Waals surface area contributed by atoms with Crippen molar-refractivity contribution in [1.82, 2.24) is 14.9 Å². The Bertz CT molecular complexity index is 345. The quantitative estimate of drug-likeness (QED) is 0.861. The summed E-state index contributed by atoms with van der Waals surface area (Å²) >= 11 is 0. The summed E-state index contributed by atoms with van der Waals surface area (Å²) in [6, 6.07) is 0.375. The average molecular weight is 243 g/mol. The Morgan fingerprint density at radius 2 is 2.18 bits per heavy atom. The van der Waals surface area contributed by atoms with Crippen molar-refractivity contribution in [2.24, 2.45) is 5.92 Å². The zero-order valence-corrected chi connectivity index (χ0v) is 10.1. The first-order valence-corrected chi connectivity index (χ1v) is 6.21. The third-order valence-electron chi connectivity index (χ3n) is 3.65. The molecular weight excluding hydrogens is 224 g/mol. The van der Waals surface area contributed by atoms with E-state index in [0.29, 0.717) is 24.3 Å². The molecule has 0 amide bonds. The van der Waals surface area contributed by atoms with Crippen LogP contribution in [0.4, 0.5) is 8.78 Å². The maximum atomic E-state index is 12.6. The summed E-state index contributed by atoms with van der Waals surface area (Å²) in [7, 11) is 0. The van der Waals surface area contributed by atoms with Gasteiger partial charge in [-0.05, 0) is 25.7 Å². The summed E-state index contributed by atoms with van der Waals surface area (Å²) in [6.07, 6.45) is 7.82. The van der Waals surface area contributed by atoms with Crippen molar-refractivity contribution in [1.29, 1.82) is 0 Å². The van der Waals surface area contributed by atoms with Gasteiger partial charge in [0.15, 0.2) is 0 Å². The van der Waals surface area contributed by atoms with Crippen molar-refractivity contribution in [3.05, 3.63) is 18.2 Å². The fourth-order valence-corrected chi connectivity index (χ4v) is 2.53. The second-order valence-electron chi connectivity index (χ2n) is 4.74. The highest BCUT2D eigenvalue weighted by atomic mass is 19.3. The van der Waals surface area contributed by atoms with Gasteiger partial charge in [0.1, 0.15) is 5.82 Å². The Morgan fingerprint density at radius 1 is 1.47 bits per heavy atom. The van der Waals surface area contributed by atoms with Crippen LogP contribution >= 0.6 is 0 Å². The minimum absolute atomic E-state index is 0.375. The SMILES string of the molecule is CC(NCc1nccn1C(F)F)C1CCCC1.